The van der Waals surface area contributed by atoms with Crippen LogP contribution in [0.5, 0.6) is 0 Å². The van der Waals surface area contributed by atoms with E-state index in [1.165, 1.54) is 0 Å². The molecule has 0 aromatic rings. The van der Waals surface area contributed by atoms with E-state index in [2.05, 4.69) is 43.6 Å². The quantitative estimate of drug-likeness (QED) is 0.555. The molecule has 2 N–H and O–H groups in total. The van der Waals surface area contributed by atoms with Crippen LogP contribution in [0.3, 0.4) is 0 Å². The first-order chi connectivity index (χ1) is 4.63. The summed E-state index contributed by atoms with van der Waals surface area (Å²) in [5, 5.41) is 0. The normalized spacial score (nSPS) is 35.7. The number of rotatable bonds is 1. The first-order valence-electron chi connectivity index (χ1n) is 3.86. The van der Waals surface area contributed by atoms with Crippen molar-refractivity contribution in [1.29, 1.82) is 0 Å². The van der Waals surface area contributed by atoms with E-state index < -0.39 is 0 Å². The molecular weight excluding hydrogens is 126 g/mol. The van der Waals surface area contributed by atoms with Crippen molar-refractivity contribution in [3.8, 4) is 0 Å². The minimum Gasteiger partial charge on any atom is -0.273 e. The molecule has 0 aliphatic carbocycles. The molecule has 0 radical (unpaired) electrons. The molecule has 60 valence electrons. The van der Waals surface area contributed by atoms with E-state index in [0.717, 1.165) is 0 Å². The maximum absolute atomic E-state index is 3.23. The Morgan fingerprint density at radius 3 is 2.10 bits per heavy atom. The lowest BCUT2D eigenvalue weighted by atomic mass is 10.1. The lowest BCUT2D eigenvalue weighted by Crippen LogP contribution is -2.39. The summed E-state index contributed by atoms with van der Waals surface area (Å²) in [4.78, 5) is 2.30. The lowest BCUT2D eigenvalue weighted by Gasteiger charge is -2.23. The van der Waals surface area contributed by atoms with Gasteiger partial charge in [-0.05, 0) is 19.9 Å². The average molecular weight is 143 g/mol. The lowest BCUT2D eigenvalue weighted by molar-refractivity contribution is 0.196. The molecule has 0 saturated carbocycles. The monoisotopic (exact) mass is 143 g/mol. The van der Waals surface area contributed by atoms with Gasteiger partial charge in [-0.25, -0.2) is 10.9 Å². The third-order valence-electron chi connectivity index (χ3n) is 2.12. The van der Waals surface area contributed by atoms with Gasteiger partial charge in [0.25, 0.3) is 0 Å². The van der Waals surface area contributed by atoms with Crippen LogP contribution in [0.15, 0.2) is 0 Å². The number of hydrogen-bond acceptors (Lipinski definition) is 3. The molecule has 2 atom stereocenters. The molecule has 1 fully saturated rings. The van der Waals surface area contributed by atoms with E-state index in [1.807, 2.05) is 0 Å². The Morgan fingerprint density at radius 1 is 1.30 bits per heavy atom. The van der Waals surface area contributed by atoms with Gasteiger partial charge in [-0.2, -0.15) is 0 Å². The molecule has 10 heavy (non-hydrogen) atoms. The summed E-state index contributed by atoms with van der Waals surface area (Å²) >= 11 is 0. The molecule has 1 aliphatic rings. The van der Waals surface area contributed by atoms with E-state index in [9.17, 15) is 0 Å². The molecular formula is C7H17N3. The van der Waals surface area contributed by atoms with Crippen LogP contribution in [0.2, 0.25) is 0 Å². The van der Waals surface area contributed by atoms with Crippen molar-refractivity contribution < 1.29 is 0 Å². The summed E-state index contributed by atoms with van der Waals surface area (Å²) in [6.45, 7) is 6.58. The van der Waals surface area contributed by atoms with E-state index in [0.29, 0.717) is 18.2 Å². The van der Waals surface area contributed by atoms with Gasteiger partial charge in [0, 0.05) is 0 Å². The molecule has 1 aliphatic heterocycles. The van der Waals surface area contributed by atoms with Gasteiger partial charge in [0.1, 0.15) is 0 Å². The molecule has 1 rings (SSSR count). The van der Waals surface area contributed by atoms with Gasteiger partial charge in [0.05, 0.1) is 12.3 Å². The maximum Gasteiger partial charge on any atom is 0.0762 e. The predicted octanol–water partition coefficient (Wildman–Crippen LogP) is 0.354. The van der Waals surface area contributed by atoms with Crippen LogP contribution in [-0.2, 0) is 0 Å². The van der Waals surface area contributed by atoms with Gasteiger partial charge in [-0.3, -0.25) is 4.90 Å². The summed E-state index contributed by atoms with van der Waals surface area (Å²) in [6.07, 6.45) is 0.933. The van der Waals surface area contributed by atoms with Gasteiger partial charge in [-0.15, -0.1) is 0 Å². The number of nitrogens with zero attached hydrogens (tertiary/aromatic N) is 1. The first kappa shape index (κ1) is 7.98. The molecule has 0 bridgehead atoms. The molecule has 0 aromatic carbocycles. The zero-order chi connectivity index (χ0) is 7.72. The second-order valence-electron chi connectivity index (χ2n) is 3.32. The van der Waals surface area contributed by atoms with Crippen molar-refractivity contribution in [2.24, 2.45) is 5.92 Å². The Morgan fingerprint density at radius 2 is 1.90 bits per heavy atom. The minimum atomic E-state index is 0.451. The smallest absolute Gasteiger partial charge is 0.0762 e. The number of hydrazine groups is 1. The number of hydrogen-bond donors (Lipinski definition) is 2. The van der Waals surface area contributed by atoms with Crippen molar-refractivity contribution in [1.82, 2.24) is 15.8 Å². The van der Waals surface area contributed by atoms with Crippen molar-refractivity contribution in [3.63, 3.8) is 0 Å². The molecule has 0 amide bonds. The highest BCUT2D eigenvalue weighted by atomic mass is 15.6. The second-order valence-corrected chi connectivity index (χ2v) is 3.32. The highest BCUT2D eigenvalue weighted by Gasteiger charge is 2.27. The van der Waals surface area contributed by atoms with E-state index in [-0.39, 0.29) is 0 Å². The third-order valence-corrected chi connectivity index (χ3v) is 2.12. The third kappa shape index (κ3) is 1.31. The molecule has 3 nitrogen and oxygen atoms in total. The predicted molar refractivity (Wildman–Crippen MR) is 42.1 cm³/mol. The largest absolute Gasteiger partial charge is 0.273 e. The van der Waals surface area contributed by atoms with Crippen LogP contribution in [0.25, 0.3) is 0 Å². The molecule has 1 saturated heterocycles. The Bertz CT molecular complexity index is 113. The van der Waals surface area contributed by atoms with Crippen molar-refractivity contribution in [3.05, 3.63) is 0 Å². The van der Waals surface area contributed by atoms with Gasteiger partial charge in [0.2, 0.25) is 0 Å². The Labute approximate surface area is 62.8 Å². The topological polar surface area (TPSA) is 27.3 Å². The first-order valence-corrected chi connectivity index (χ1v) is 3.86. The Balaban J connectivity index is 2.49. The minimum absolute atomic E-state index is 0.451. The van der Waals surface area contributed by atoms with Gasteiger partial charge >= 0.3 is 0 Å². The van der Waals surface area contributed by atoms with Crippen molar-refractivity contribution in [2.75, 3.05) is 7.05 Å². The zero-order valence-corrected chi connectivity index (χ0v) is 7.18. The van der Waals surface area contributed by atoms with E-state index in [4.69, 9.17) is 0 Å². The van der Waals surface area contributed by atoms with Crippen LogP contribution in [0, 0.1) is 5.92 Å². The fourth-order valence-electron chi connectivity index (χ4n) is 1.29. The summed E-state index contributed by atoms with van der Waals surface area (Å²) in [5.74, 6) is 0.655. The molecule has 0 aromatic heterocycles. The molecule has 1 heterocycles. The Hall–Kier alpha value is -0.120. The van der Waals surface area contributed by atoms with Crippen LogP contribution in [-0.4, -0.2) is 24.3 Å². The van der Waals surface area contributed by atoms with Crippen LogP contribution in [0.1, 0.15) is 20.8 Å². The SMILES string of the molecule is CC(C)C1NNC(C)N1C. The molecule has 3 heteroatoms. The van der Waals surface area contributed by atoms with E-state index >= 15 is 0 Å². The van der Waals surface area contributed by atoms with Gasteiger partial charge in [-0.1, -0.05) is 13.8 Å². The zero-order valence-electron chi connectivity index (χ0n) is 7.18. The van der Waals surface area contributed by atoms with Crippen LogP contribution in [0.4, 0.5) is 0 Å². The molecule has 2 unspecified atom stereocenters. The fraction of sp³-hybridized carbons (Fsp3) is 1.00. The maximum atomic E-state index is 3.23. The van der Waals surface area contributed by atoms with Crippen molar-refractivity contribution >= 4 is 0 Å². The molecule has 0 spiro atoms. The van der Waals surface area contributed by atoms with Gasteiger partial charge in [0.15, 0.2) is 0 Å². The Kier molecular flexibility index (Phi) is 2.28. The standard InChI is InChI=1S/C7H17N3/c1-5(2)7-9-8-6(3)10(7)4/h5-9H,1-4H3. The highest BCUT2D eigenvalue weighted by molar-refractivity contribution is 4.77. The second kappa shape index (κ2) is 2.86. The fourth-order valence-corrected chi connectivity index (χ4v) is 1.29. The van der Waals surface area contributed by atoms with Crippen LogP contribution >= 0.6 is 0 Å². The summed E-state index contributed by atoms with van der Waals surface area (Å²) in [7, 11) is 2.13. The summed E-state index contributed by atoms with van der Waals surface area (Å²) in [6, 6.07) is 0. The van der Waals surface area contributed by atoms with E-state index in [1.54, 1.807) is 0 Å². The number of nitrogens with one attached hydrogen (secondary N) is 2. The average Bonchev–Trinajstić information content (AvgIpc) is 2.14. The highest BCUT2D eigenvalue weighted by Crippen LogP contribution is 2.11. The van der Waals surface area contributed by atoms with Crippen LogP contribution < -0.4 is 10.9 Å². The van der Waals surface area contributed by atoms with Gasteiger partial charge < -0.3 is 0 Å². The summed E-state index contributed by atoms with van der Waals surface area (Å²) in [5.41, 5.74) is 6.41. The summed E-state index contributed by atoms with van der Waals surface area (Å²) < 4.78 is 0. The van der Waals surface area contributed by atoms with Crippen molar-refractivity contribution in [2.45, 2.75) is 33.1 Å².